The molecule has 3 aromatic rings. The topological polar surface area (TPSA) is 46.9 Å². The molecule has 0 radical (unpaired) electrons. The monoisotopic (exact) mass is 339 g/mol. The quantitative estimate of drug-likeness (QED) is 0.765. The fourth-order valence-electron chi connectivity index (χ4n) is 2.59. The van der Waals surface area contributed by atoms with Gasteiger partial charge in [0.2, 0.25) is 5.91 Å². The van der Waals surface area contributed by atoms with E-state index in [9.17, 15) is 4.79 Å². The van der Waals surface area contributed by atoms with Crippen LogP contribution in [0.15, 0.2) is 67.1 Å². The Balaban J connectivity index is 1.69. The Bertz CT molecular complexity index is 812. The summed E-state index contributed by atoms with van der Waals surface area (Å²) >= 11 is 5.93. The molecule has 0 bridgehead atoms. The Morgan fingerprint density at radius 2 is 2.00 bits per heavy atom. The van der Waals surface area contributed by atoms with Crippen LogP contribution in [0.3, 0.4) is 0 Å². The van der Waals surface area contributed by atoms with Crippen LogP contribution >= 0.6 is 11.6 Å². The van der Waals surface area contributed by atoms with E-state index in [1.165, 1.54) is 0 Å². The molecule has 2 heterocycles. The van der Waals surface area contributed by atoms with Crippen molar-refractivity contribution in [2.24, 2.45) is 0 Å². The number of rotatable bonds is 5. The second-order valence-corrected chi connectivity index (χ2v) is 6.03. The van der Waals surface area contributed by atoms with Crippen molar-refractivity contribution < 1.29 is 4.79 Å². The third-order valence-corrected chi connectivity index (χ3v) is 4.09. The van der Waals surface area contributed by atoms with Crippen molar-refractivity contribution in [3.63, 3.8) is 0 Å². The van der Waals surface area contributed by atoms with Gasteiger partial charge < -0.3 is 9.88 Å². The van der Waals surface area contributed by atoms with Crippen LogP contribution in [0.1, 0.15) is 24.2 Å². The fourth-order valence-corrected chi connectivity index (χ4v) is 2.71. The molecule has 1 atom stereocenters. The van der Waals surface area contributed by atoms with E-state index in [0.29, 0.717) is 11.4 Å². The lowest BCUT2D eigenvalue weighted by atomic mass is 10.1. The summed E-state index contributed by atoms with van der Waals surface area (Å²) in [5.74, 6) is -0.0275. The fraction of sp³-hybridized carbons (Fsp3) is 0.158. The van der Waals surface area contributed by atoms with E-state index in [-0.39, 0.29) is 11.9 Å². The second kappa shape index (κ2) is 7.32. The van der Waals surface area contributed by atoms with Crippen molar-refractivity contribution in [3.05, 3.63) is 83.4 Å². The minimum absolute atomic E-state index is 0.0275. The lowest BCUT2D eigenvalue weighted by Crippen LogP contribution is -2.28. The van der Waals surface area contributed by atoms with Crippen LogP contribution in [-0.4, -0.2) is 15.5 Å². The van der Waals surface area contributed by atoms with Crippen molar-refractivity contribution in [1.29, 1.82) is 0 Å². The summed E-state index contributed by atoms with van der Waals surface area (Å²) in [7, 11) is 0. The number of nitrogens with zero attached hydrogens (tertiary/aromatic N) is 2. The molecule has 2 aromatic heterocycles. The van der Waals surface area contributed by atoms with Gasteiger partial charge in [0.1, 0.15) is 0 Å². The highest BCUT2D eigenvalue weighted by Gasteiger charge is 2.12. The van der Waals surface area contributed by atoms with Gasteiger partial charge in [-0.1, -0.05) is 17.7 Å². The zero-order valence-electron chi connectivity index (χ0n) is 13.3. The summed E-state index contributed by atoms with van der Waals surface area (Å²) in [6.45, 7) is 1.95. The SMILES string of the molecule is C[C@@H](NC(=O)Cc1cccn1-c1ccc(Cl)cc1)c1cccnc1. The smallest absolute Gasteiger partial charge is 0.226 e. The summed E-state index contributed by atoms with van der Waals surface area (Å²) in [6.07, 6.45) is 5.73. The molecule has 0 spiro atoms. The first-order chi connectivity index (χ1) is 11.6. The molecule has 0 fully saturated rings. The van der Waals surface area contributed by atoms with Crippen molar-refractivity contribution in [2.45, 2.75) is 19.4 Å². The molecule has 24 heavy (non-hydrogen) atoms. The van der Waals surface area contributed by atoms with Crippen LogP contribution in [0.4, 0.5) is 0 Å². The number of amides is 1. The molecule has 0 aliphatic rings. The predicted molar refractivity (Wildman–Crippen MR) is 95.3 cm³/mol. The molecular formula is C19H18ClN3O. The Kier molecular flexibility index (Phi) is 4.96. The third kappa shape index (κ3) is 3.84. The van der Waals surface area contributed by atoms with Crippen LogP contribution in [0.2, 0.25) is 5.02 Å². The molecule has 0 aliphatic carbocycles. The normalized spacial score (nSPS) is 11.9. The van der Waals surface area contributed by atoms with Gasteiger partial charge in [0.15, 0.2) is 0 Å². The van der Waals surface area contributed by atoms with Gasteiger partial charge in [-0.15, -0.1) is 0 Å². The first-order valence-electron chi connectivity index (χ1n) is 7.75. The number of benzene rings is 1. The molecule has 5 heteroatoms. The lowest BCUT2D eigenvalue weighted by Gasteiger charge is -2.15. The Hall–Kier alpha value is -2.59. The van der Waals surface area contributed by atoms with Crippen molar-refractivity contribution in [2.75, 3.05) is 0 Å². The molecule has 0 saturated heterocycles. The van der Waals surface area contributed by atoms with Gasteiger partial charge in [0, 0.05) is 35.0 Å². The Labute approximate surface area is 146 Å². The summed E-state index contributed by atoms with van der Waals surface area (Å²) in [5.41, 5.74) is 2.89. The van der Waals surface area contributed by atoms with Crippen molar-refractivity contribution in [1.82, 2.24) is 14.9 Å². The zero-order chi connectivity index (χ0) is 16.9. The molecule has 0 saturated carbocycles. The summed E-state index contributed by atoms with van der Waals surface area (Å²) in [5, 5.41) is 3.70. The van der Waals surface area contributed by atoms with E-state index in [2.05, 4.69) is 10.3 Å². The van der Waals surface area contributed by atoms with Gasteiger partial charge >= 0.3 is 0 Å². The van der Waals surface area contributed by atoms with Gasteiger partial charge in [-0.3, -0.25) is 9.78 Å². The minimum Gasteiger partial charge on any atom is -0.349 e. The van der Waals surface area contributed by atoms with E-state index in [4.69, 9.17) is 11.6 Å². The van der Waals surface area contributed by atoms with E-state index < -0.39 is 0 Å². The largest absolute Gasteiger partial charge is 0.349 e. The highest BCUT2D eigenvalue weighted by atomic mass is 35.5. The maximum absolute atomic E-state index is 12.4. The maximum atomic E-state index is 12.4. The molecule has 1 aromatic carbocycles. The minimum atomic E-state index is -0.0786. The van der Waals surface area contributed by atoms with Crippen molar-refractivity contribution in [3.8, 4) is 5.69 Å². The Morgan fingerprint density at radius 3 is 2.71 bits per heavy atom. The van der Waals surface area contributed by atoms with E-state index in [1.54, 1.807) is 12.4 Å². The third-order valence-electron chi connectivity index (χ3n) is 3.84. The van der Waals surface area contributed by atoms with Crippen molar-refractivity contribution >= 4 is 17.5 Å². The van der Waals surface area contributed by atoms with Gasteiger partial charge in [0.25, 0.3) is 0 Å². The molecule has 3 rings (SSSR count). The predicted octanol–water partition coefficient (Wildman–Crippen LogP) is 3.95. The molecule has 1 amide bonds. The molecule has 122 valence electrons. The highest BCUT2D eigenvalue weighted by Crippen LogP contribution is 2.17. The average Bonchev–Trinajstić information content (AvgIpc) is 3.04. The maximum Gasteiger partial charge on any atom is 0.226 e. The average molecular weight is 340 g/mol. The number of halogens is 1. The molecule has 0 unspecified atom stereocenters. The Morgan fingerprint density at radius 1 is 1.21 bits per heavy atom. The summed E-state index contributed by atoms with van der Waals surface area (Å²) < 4.78 is 1.99. The molecular weight excluding hydrogens is 322 g/mol. The van der Waals surface area contributed by atoms with Crippen LogP contribution in [0.25, 0.3) is 5.69 Å². The van der Waals surface area contributed by atoms with Gasteiger partial charge in [-0.25, -0.2) is 0 Å². The molecule has 0 aliphatic heterocycles. The standard InChI is InChI=1S/C19H18ClN3O/c1-14(15-4-2-10-21-13-15)22-19(24)12-18-5-3-11-23(18)17-8-6-16(20)7-9-17/h2-11,13-14H,12H2,1H3,(H,22,24)/t14-/m1/s1. The van der Waals surface area contributed by atoms with Gasteiger partial charge in [-0.2, -0.15) is 0 Å². The first kappa shape index (κ1) is 16.3. The first-order valence-corrected chi connectivity index (χ1v) is 8.13. The number of hydrogen-bond acceptors (Lipinski definition) is 2. The number of nitrogens with one attached hydrogen (secondary N) is 1. The van der Waals surface area contributed by atoms with E-state index >= 15 is 0 Å². The summed E-state index contributed by atoms with van der Waals surface area (Å²) in [6, 6.07) is 15.2. The number of carbonyl (C=O) groups excluding carboxylic acids is 1. The van der Waals surface area contributed by atoms with Crippen LogP contribution in [0, 0.1) is 0 Å². The number of aromatic nitrogens is 2. The highest BCUT2D eigenvalue weighted by molar-refractivity contribution is 6.30. The van der Waals surface area contributed by atoms with Gasteiger partial charge in [0.05, 0.1) is 12.5 Å². The van der Waals surface area contributed by atoms with E-state index in [1.807, 2.05) is 66.2 Å². The van der Waals surface area contributed by atoms with Gasteiger partial charge in [-0.05, 0) is 55.0 Å². The van der Waals surface area contributed by atoms with Crippen LogP contribution < -0.4 is 5.32 Å². The lowest BCUT2D eigenvalue weighted by molar-refractivity contribution is -0.121. The zero-order valence-corrected chi connectivity index (χ0v) is 14.1. The molecule has 4 nitrogen and oxygen atoms in total. The van der Waals surface area contributed by atoms with Crippen LogP contribution in [-0.2, 0) is 11.2 Å². The number of pyridine rings is 1. The van der Waals surface area contributed by atoms with Crippen LogP contribution in [0.5, 0.6) is 0 Å². The summed E-state index contributed by atoms with van der Waals surface area (Å²) in [4.78, 5) is 16.4. The van der Waals surface area contributed by atoms with E-state index in [0.717, 1.165) is 16.9 Å². The number of hydrogen-bond donors (Lipinski definition) is 1. The molecule has 1 N–H and O–H groups in total. The second-order valence-electron chi connectivity index (χ2n) is 5.60. The number of carbonyl (C=O) groups is 1.